The SMILES string of the molecule is Cc1cccc(C(=O)O[C@H](C)C(=O)Nc2cccc(C#N)c2)c1O. The minimum Gasteiger partial charge on any atom is -0.507 e. The van der Waals surface area contributed by atoms with Crippen LogP contribution in [0.25, 0.3) is 0 Å². The highest BCUT2D eigenvalue weighted by molar-refractivity contribution is 5.98. The number of phenolic OH excluding ortho intramolecular Hbond substituents is 1. The zero-order valence-electron chi connectivity index (χ0n) is 13.2. The molecule has 1 atom stereocenters. The maximum atomic E-state index is 12.1. The molecule has 0 saturated heterocycles. The maximum absolute atomic E-state index is 12.1. The second kappa shape index (κ2) is 7.29. The van der Waals surface area contributed by atoms with Gasteiger partial charge in [-0.3, -0.25) is 4.79 Å². The number of carbonyl (C=O) groups excluding carboxylic acids is 2. The van der Waals surface area contributed by atoms with Gasteiger partial charge in [0.05, 0.1) is 11.6 Å². The smallest absolute Gasteiger partial charge is 0.342 e. The number of aromatic hydroxyl groups is 1. The minimum absolute atomic E-state index is 0.00104. The molecule has 0 heterocycles. The number of para-hydroxylation sites is 1. The van der Waals surface area contributed by atoms with Crippen LogP contribution in [0.4, 0.5) is 5.69 Å². The zero-order chi connectivity index (χ0) is 17.7. The molecule has 0 bridgehead atoms. The largest absolute Gasteiger partial charge is 0.507 e. The van der Waals surface area contributed by atoms with E-state index < -0.39 is 18.0 Å². The average Bonchev–Trinajstić information content (AvgIpc) is 2.57. The van der Waals surface area contributed by atoms with Crippen LogP contribution in [0.1, 0.15) is 28.4 Å². The second-order valence-corrected chi connectivity index (χ2v) is 5.20. The van der Waals surface area contributed by atoms with Crippen molar-refractivity contribution in [3.05, 3.63) is 59.2 Å². The highest BCUT2D eigenvalue weighted by Gasteiger charge is 2.21. The van der Waals surface area contributed by atoms with Crippen molar-refractivity contribution in [1.29, 1.82) is 5.26 Å². The van der Waals surface area contributed by atoms with E-state index in [0.29, 0.717) is 16.8 Å². The van der Waals surface area contributed by atoms with Crippen molar-refractivity contribution in [3.8, 4) is 11.8 Å². The number of aryl methyl sites for hydroxylation is 1. The molecular formula is C18H16N2O4. The van der Waals surface area contributed by atoms with Crippen molar-refractivity contribution in [2.45, 2.75) is 20.0 Å². The van der Waals surface area contributed by atoms with Gasteiger partial charge in [0.2, 0.25) is 0 Å². The molecule has 0 saturated carbocycles. The summed E-state index contributed by atoms with van der Waals surface area (Å²) in [6.45, 7) is 3.08. The van der Waals surface area contributed by atoms with E-state index in [0.717, 1.165) is 0 Å². The molecule has 0 unspecified atom stereocenters. The van der Waals surface area contributed by atoms with Crippen LogP contribution in [0.3, 0.4) is 0 Å². The number of nitrogens with one attached hydrogen (secondary N) is 1. The third kappa shape index (κ3) is 3.90. The second-order valence-electron chi connectivity index (χ2n) is 5.20. The number of nitriles is 1. The molecule has 0 spiro atoms. The van der Waals surface area contributed by atoms with Gasteiger partial charge in [-0.05, 0) is 43.7 Å². The van der Waals surface area contributed by atoms with Crippen LogP contribution in [0.5, 0.6) is 5.75 Å². The zero-order valence-corrected chi connectivity index (χ0v) is 13.2. The normalized spacial score (nSPS) is 11.2. The summed E-state index contributed by atoms with van der Waals surface area (Å²) in [6.07, 6.45) is -1.07. The number of hydrogen-bond donors (Lipinski definition) is 2. The minimum atomic E-state index is -1.07. The third-order valence-corrected chi connectivity index (χ3v) is 3.37. The first-order valence-corrected chi connectivity index (χ1v) is 7.23. The number of benzene rings is 2. The van der Waals surface area contributed by atoms with Crippen molar-refractivity contribution in [3.63, 3.8) is 0 Å². The van der Waals surface area contributed by atoms with E-state index in [-0.39, 0.29) is 11.3 Å². The Balaban J connectivity index is 2.04. The fourth-order valence-electron chi connectivity index (χ4n) is 2.01. The third-order valence-electron chi connectivity index (χ3n) is 3.37. The molecule has 0 aromatic heterocycles. The van der Waals surface area contributed by atoms with Crippen LogP contribution >= 0.6 is 0 Å². The molecule has 0 aliphatic rings. The van der Waals surface area contributed by atoms with Crippen molar-refractivity contribution in [1.82, 2.24) is 0 Å². The Bertz CT molecular complexity index is 824. The number of esters is 1. The summed E-state index contributed by atoms with van der Waals surface area (Å²) >= 11 is 0. The monoisotopic (exact) mass is 324 g/mol. The molecule has 2 aromatic rings. The standard InChI is InChI=1S/C18H16N2O4/c1-11-5-3-8-15(16(11)21)18(23)24-12(2)17(22)20-14-7-4-6-13(9-14)10-19/h3-9,12,21H,1-2H3,(H,20,22)/t12-/m1/s1. The summed E-state index contributed by atoms with van der Waals surface area (Å²) in [7, 11) is 0. The summed E-state index contributed by atoms with van der Waals surface area (Å²) in [5.74, 6) is -1.49. The fraction of sp³-hybridized carbons (Fsp3) is 0.167. The molecule has 0 fully saturated rings. The fourth-order valence-corrected chi connectivity index (χ4v) is 2.01. The number of ether oxygens (including phenoxy) is 1. The number of rotatable bonds is 4. The van der Waals surface area contributed by atoms with E-state index in [1.807, 2.05) is 6.07 Å². The van der Waals surface area contributed by atoms with Crippen LogP contribution in [0.2, 0.25) is 0 Å². The number of nitrogens with zero attached hydrogens (tertiary/aromatic N) is 1. The van der Waals surface area contributed by atoms with Gasteiger partial charge in [-0.1, -0.05) is 18.2 Å². The summed E-state index contributed by atoms with van der Waals surface area (Å²) < 4.78 is 5.09. The van der Waals surface area contributed by atoms with Crippen LogP contribution < -0.4 is 5.32 Å². The Labute approximate surface area is 139 Å². The molecule has 0 aliphatic heterocycles. The van der Waals surface area contributed by atoms with Gasteiger partial charge in [0.25, 0.3) is 5.91 Å². The summed E-state index contributed by atoms with van der Waals surface area (Å²) in [4.78, 5) is 24.2. The summed E-state index contributed by atoms with van der Waals surface area (Å²) in [5, 5.41) is 21.3. The first-order valence-electron chi connectivity index (χ1n) is 7.23. The predicted octanol–water partition coefficient (Wildman–Crippen LogP) is 2.76. The van der Waals surface area contributed by atoms with Crippen molar-refractivity contribution >= 4 is 17.6 Å². The number of anilines is 1. The van der Waals surface area contributed by atoms with E-state index >= 15 is 0 Å². The van der Waals surface area contributed by atoms with Crippen molar-refractivity contribution in [2.75, 3.05) is 5.32 Å². The van der Waals surface area contributed by atoms with Crippen LogP contribution in [0.15, 0.2) is 42.5 Å². The molecule has 0 radical (unpaired) electrons. The lowest BCUT2D eigenvalue weighted by molar-refractivity contribution is -0.123. The Morgan fingerprint density at radius 1 is 1.25 bits per heavy atom. The molecule has 24 heavy (non-hydrogen) atoms. The van der Waals surface area contributed by atoms with E-state index in [4.69, 9.17) is 10.00 Å². The predicted molar refractivity (Wildman–Crippen MR) is 87.5 cm³/mol. The van der Waals surface area contributed by atoms with Crippen LogP contribution in [-0.4, -0.2) is 23.1 Å². The Kier molecular flexibility index (Phi) is 5.17. The number of amides is 1. The molecule has 1 amide bonds. The Hall–Kier alpha value is -3.33. The number of phenols is 1. The molecule has 122 valence electrons. The molecule has 2 aromatic carbocycles. The van der Waals surface area contributed by atoms with E-state index in [9.17, 15) is 14.7 Å². The Morgan fingerprint density at radius 2 is 1.96 bits per heavy atom. The molecule has 0 aliphatic carbocycles. The van der Waals surface area contributed by atoms with Gasteiger partial charge >= 0.3 is 5.97 Å². The lowest BCUT2D eigenvalue weighted by atomic mass is 10.1. The van der Waals surface area contributed by atoms with E-state index in [1.54, 1.807) is 37.3 Å². The lowest BCUT2D eigenvalue weighted by Crippen LogP contribution is -2.30. The summed E-state index contributed by atoms with van der Waals surface area (Å²) in [6, 6.07) is 13.0. The highest BCUT2D eigenvalue weighted by Crippen LogP contribution is 2.22. The topological polar surface area (TPSA) is 99.4 Å². The Morgan fingerprint density at radius 3 is 2.67 bits per heavy atom. The molecule has 2 N–H and O–H groups in total. The van der Waals surface area contributed by atoms with Crippen LogP contribution in [-0.2, 0) is 9.53 Å². The molecule has 2 rings (SSSR count). The highest BCUT2D eigenvalue weighted by atomic mass is 16.5. The van der Waals surface area contributed by atoms with Gasteiger partial charge in [0.1, 0.15) is 11.3 Å². The van der Waals surface area contributed by atoms with Gasteiger partial charge in [0, 0.05) is 5.69 Å². The van der Waals surface area contributed by atoms with Gasteiger partial charge < -0.3 is 15.2 Å². The van der Waals surface area contributed by atoms with Gasteiger partial charge in [0.15, 0.2) is 6.10 Å². The van der Waals surface area contributed by atoms with Crippen molar-refractivity contribution < 1.29 is 19.4 Å². The van der Waals surface area contributed by atoms with Gasteiger partial charge in [-0.15, -0.1) is 0 Å². The average molecular weight is 324 g/mol. The summed E-state index contributed by atoms with van der Waals surface area (Å²) in [5.41, 5.74) is 1.37. The molecular weight excluding hydrogens is 308 g/mol. The lowest BCUT2D eigenvalue weighted by Gasteiger charge is -2.14. The first-order chi connectivity index (χ1) is 11.4. The van der Waals surface area contributed by atoms with Gasteiger partial charge in [-0.2, -0.15) is 5.26 Å². The molecule has 6 heteroatoms. The van der Waals surface area contributed by atoms with E-state index in [1.165, 1.54) is 19.1 Å². The first kappa shape index (κ1) is 17.0. The quantitative estimate of drug-likeness (QED) is 0.842. The number of hydrogen-bond acceptors (Lipinski definition) is 5. The molecule has 6 nitrogen and oxygen atoms in total. The number of carbonyl (C=O) groups is 2. The van der Waals surface area contributed by atoms with Crippen LogP contribution in [0, 0.1) is 18.3 Å². The maximum Gasteiger partial charge on any atom is 0.342 e. The van der Waals surface area contributed by atoms with Gasteiger partial charge in [-0.25, -0.2) is 4.79 Å². The van der Waals surface area contributed by atoms with E-state index in [2.05, 4.69) is 5.32 Å². The van der Waals surface area contributed by atoms with Crippen molar-refractivity contribution in [2.24, 2.45) is 0 Å².